The summed E-state index contributed by atoms with van der Waals surface area (Å²) in [6.45, 7) is 4.56. The van der Waals surface area contributed by atoms with Crippen molar-refractivity contribution in [3.05, 3.63) is 229 Å². The van der Waals surface area contributed by atoms with E-state index in [0.717, 1.165) is 6.42 Å². The molecule has 2 nitrogen and oxygen atoms in total. The molecule has 0 saturated carbocycles. The van der Waals surface area contributed by atoms with Gasteiger partial charge < -0.3 is 8.80 Å². The predicted octanol–water partition coefficient (Wildman–Crippen LogP) is 18.6. The van der Waals surface area contributed by atoms with Crippen molar-refractivity contribution < 1.29 is 0 Å². The summed E-state index contributed by atoms with van der Waals surface area (Å²) in [7, 11) is 0. The van der Waals surface area contributed by atoms with Crippen LogP contribution in [0.25, 0.3) is 142 Å². The zero-order valence-corrected chi connectivity index (χ0v) is 38.9. The maximum atomic E-state index is 2.55. The predicted molar refractivity (Wildman–Crippen MR) is 300 cm³/mol. The Balaban J connectivity index is 0.842. The molecule has 0 radical (unpaired) electrons. The van der Waals surface area contributed by atoms with Gasteiger partial charge in [0.15, 0.2) is 0 Å². The molecule has 0 saturated heterocycles. The SMILES string of the molecule is CC(C)c1cccc(-c2cc3c4cc5ccccc5cc4n4c5cc6cc(Cc7cccc(-c8cc9c%10cc%11ccccc%11cc%10n%10c%11cc%12ccccc%12cc%11c(c8)c9%10)c7)ccc6cc5c(c2)c34)c1. The molecule has 0 aliphatic carbocycles. The monoisotopic (exact) mass is 888 g/mol. The molecule has 4 heterocycles. The number of aromatic nitrogens is 2. The molecule has 2 heteroatoms. The largest absolute Gasteiger partial charge is 0.308 e. The third-order valence-corrected chi connectivity index (χ3v) is 16.0. The van der Waals surface area contributed by atoms with Gasteiger partial charge in [-0.05, 0) is 167 Å². The Labute approximate surface area is 403 Å². The lowest BCUT2D eigenvalue weighted by Gasteiger charge is -2.10. The number of hydrogen-bond acceptors (Lipinski definition) is 0. The van der Waals surface area contributed by atoms with E-state index in [9.17, 15) is 0 Å². The Morgan fingerprint density at radius 3 is 1.13 bits per heavy atom. The molecule has 0 aliphatic rings. The van der Waals surface area contributed by atoms with Gasteiger partial charge in [-0.1, -0.05) is 153 Å². The van der Waals surface area contributed by atoms with Crippen LogP contribution in [0.15, 0.2) is 212 Å². The summed E-state index contributed by atoms with van der Waals surface area (Å²) < 4.78 is 5.07. The number of hydrogen-bond donors (Lipinski definition) is 0. The number of fused-ring (bicyclic) bond motifs is 16. The smallest absolute Gasteiger partial charge is 0.0620 e. The fourth-order valence-electron chi connectivity index (χ4n) is 12.6. The maximum absolute atomic E-state index is 2.55. The van der Waals surface area contributed by atoms with Crippen LogP contribution < -0.4 is 0 Å². The van der Waals surface area contributed by atoms with Crippen LogP contribution in [0.2, 0.25) is 0 Å². The molecule has 0 unspecified atom stereocenters. The lowest BCUT2D eigenvalue weighted by molar-refractivity contribution is 0.867. The Morgan fingerprint density at radius 1 is 0.286 bits per heavy atom. The van der Waals surface area contributed by atoms with Gasteiger partial charge in [-0.25, -0.2) is 0 Å². The van der Waals surface area contributed by atoms with E-state index in [2.05, 4.69) is 235 Å². The average Bonchev–Trinajstić information content (AvgIpc) is 4.11. The molecule has 326 valence electrons. The summed E-state index contributed by atoms with van der Waals surface area (Å²) in [6, 6.07) is 80.9. The zero-order chi connectivity index (χ0) is 45.9. The maximum Gasteiger partial charge on any atom is 0.0620 e. The number of benzene rings is 12. The first-order chi connectivity index (χ1) is 34.5. The fourth-order valence-corrected chi connectivity index (χ4v) is 12.6. The quantitative estimate of drug-likeness (QED) is 0.163. The van der Waals surface area contributed by atoms with Crippen molar-refractivity contribution in [1.82, 2.24) is 8.80 Å². The molecule has 12 aromatic carbocycles. The molecule has 0 amide bonds. The van der Waals surface area contributed by atoms with Crippen molar-refractivity contribution in [3.8, 4) is 22.3 Å². The first-order valence-corrected chi connectivity index (χ1v) is 24.8. The molecule has 0 fully saturated rings. The van der Waals surface area contributed by atoms with E-state index in [-0.39, 0.29) is 0 Å². The molecule has 16 aromatic rings. The Morgan fingerprint density at radius 2 is 0.671 bits per heavy atom. The molecular weight excluding hydrogens is 845 g/mol. The molecule has 0 atom stereocenters. The van der Waals surface area contributed by atoms with Crippen LogP contribution in [0.1, 0.15) is 36.5 Å². The van der Waals surface area contributed by atoms with Crippen LogP contribution >= 0.6 is 0 Å². The minimum atomic E-state index is 0.465. The van der Waals surface area contributed by atoms with E-state index in [4.69, 9.17) is 0 Å². The minimum absolute atomic E-state index is 0.465. The fraction of sp³-hybridized carbons (Fsp3) is 0.0588. The van der Waals surface area contributed by atoms with E-state index >= 15 is 0 Å². The van der Waals surface area contributed by atoms with E-state index in [1.165, 1.54) is 158 Å². The Hall–Kier alpha value is -8.72. The molecule has 0 aliphatic heterocycles. The summed E-state index contributed by atoms with van der Waals surface area (Å²) in [4.78, 5) is 0. The van der Waals surface area contributed by atoms with Gasteiger partial charge in [0.1, 0.15) is 0 Å². The van der Waals surface area contributed by atoms with Crippen LogP contribution in [0.3, 0.4) is 0 Å². The Kier molecular flexibility index (Phi) is 7.62. The summed E-state index contributed by atoms with van der Waals surface area (Å²) in [6.07, 6.45) is 0.845. The van der Waals surface area contributed by atoms with Crippen LogP contribution in [-0.2, 0) is 6.42 Å². The van der Waals surface area contributed by atoms with E-state index in [0.29, 0.717) is 5.92 Å². The average molecular weight is 889 g/mol. The summed E-state index contributed by atoms with van der Waals surface area (Å²) in [5.74, 6) is 0.465. The molecule has 16 rings (SSSR count). The second-order valence-corrected chi connectivity index (χ2v) is 20.4. The zero-order valence-electron chi connectivity index (χ0n) is 38.9. The summed E-state index contributed by atoms with van der Waals surface area (Å²) in [5.41, 5.74) is 16.7. The van der Waals surface area contributed by atoms with E-state index < -0.39 is 0 Å². The molecular formula is C68H44N2. The highest BCUT2D eigenvalue weighted by Gasteiger charge is 2.23. The molecule has 70 heavy (non-hydrogen) atoms. The van der Waals surface area contributed by atoms with Crippen LogP contribution in [0, 0.1) is 0 Å². The minimum Gasteiger partial charge on any atom is -0.308 e. The third-order valence-electron chi connectivity index (χ3n) is 16.0. The normalized spacial score (nSPS) is 12.6. The van der Waals surface area contributed by atoms with Crippen molar-refractivity contribution in [2.45, 2.75) is 26.2 Å². The van der Waals surface area contributed by atoms with Gasteiger partial charge in [0, 0.05) is 43.1 Å². The molecule has 0 bridgehead atoms. The van der Waals surface area contributed by atoms with Crippen molar-refractivity contribution in [3.63, 3.8) is 0 Å². The standard InChI is InChI=1S/C68H44N2/c1-39(2)42-18-10-20-44(26-42)54-33-61-57-29-47-14-5-8-17-50(47)37-65(57)70-66-38-52-25-41(21-22-51(52)30-58(66)62(34-54)68(61)70)23-40-11-9-19-43(24-40)53-31-59-55-27-45-12-3-6-15-48(45)35-63(55)69-64-36-49-16-7-4-13-46(49)28-56(64)60(32-53)67(59)69/h3-22,24-39H,23H2,1-2H3. The van der Waals surface area contributed by atoms with E-state index in [1.54, 1.807) is 0 Å². The second-order valence-electron chi connectivity index (χ2n) is 20.4. The second kappa shape index (κ2) is 13.9. The summed E-state index contributed by atoms with van der Waals surface area (Å²) >= 11 is 0. The molecule has 4 aromatic heterocycles. The number of nitrogens with zero attached hydrogens (tertiary/aromatic N) is 2. The third kappa shape index (κ3) is 5.39. The van der Waals surface area contributed by atoms with Gasteiger partial charge in [0.2, 0.25) is 0 Å². The topological polar surface area (TPSA) is 8.82 Å². The van der Waals surface area contributed by atoms with E-state index in [1.807, 2.05) is 0 Å². The van der Waals surface area contributed by atoms with Gasteiger partial charge in [0.25, 0.3) is 0 Å². The van der Waals surface area contributed by atoms with Crippen LogP contribution in [0.5, 0.6) is 0 Å². The molecule has 0 N–H and O–H groups in total. The lowest BCUT2D eigenvalue weighted by Crippen LogP contribution is -1.90. The lowest BCUT2D eigenvalue weighted by atomic mass is 9.94. The summed E-state index contributed by atoms with van der Waals surface area (Å²) in [5, 5.41) is 20.6. The van der Waals surface area contributed by atoms with Crippen molar-refractivity contribution in [1.29, 1.82) is 0 Å². The highest BCUT2D eigenvalue weighted by atomic mass is 14.9. The van der Waals surface area contributed by atoms with Gasteiger partial charge in [-0.2, -0.15) is 0 Å². The highest BCUT2D eigenvalue weighted by Crippen LogP contribution is 2.46. The van der Waals surface area contributed by atoms with Gasteiger partial charge >= 0.3 is 0 Å². The van der Waals surface area contributed by atoms with Crippen LogP contribution in [-0.4, -0.2) is 8.80 Å². The Bertz CT molecular complexity index is 4760. The van der Waals surface area contributed by atoms with Gasteiger partial charge in [0.05, 0.1) is 33.1 Å². The first-order valence-electron chi connectivity index (χ1n) is 24.8. The van der Waals surface area contributed by atoms with Crippen molar-refractivity contribution in [2.24, 2.45) is 0 Å². The van der Waals surface area contributed by atoms with Crippen molar-refractivity contribution in [2.75, 3.05) is 0 Å². The number of rotatable bonds is 5. The molecule has 0 spiro atoms. The van der Waals surface area contributed by atoms with Crippen molar-refractivity contribution >= 4 is 119 Å². The van der Waals surface area contributed by atoms with Crippen LogP contribution in [0.4, 0.5) is 0 Å². The van der Waals surface area contributed by atoms with Gasteiger partial charge in [-0.15, -0.1) is 0 Å². The van der Waals surface area contributed by atoms with Gasteiger partial charge in [-0.3, -0.25) is 0 Å². The first kappa shape index (κ1) is 38.3. The highest BCUT2D eigenvalue weighted by molar-refractivity contribution is 6.28.